The van der Waals surface area contributed by atoms with Crippen LogP contribution in [0.3, 0.4) is 0 Å². The lowest BCUT2D eigenvalue weighted by Gasteiger charge is -2.37. The van der Waals surface area contributed by atoms with Crippen molar-refractivity contribution in [3.8, 4) is 0 Å². The summed E-state index contributed by atoms with van der Waals surface area (Å²) in [6.07, 6.45) is 1.82. The molecule has 0 aliphatic carbocycles. The lowest BCUT2D eigenvalue weighted by Crippen LogP contribution is -2.47. The molecule has 5 nitrogen and oxygen atoms in total. The second kappa shape index (κ2) is 7.66. The number of nitrogens with one attached hydrogen (secondary N) is 1. The first-order valence-corrected chi connectivity index (χ1v) is 9.42. The molecule has 0 spiro atoms. The molecular weight excluding hydrogens is 334 g/mol. The largest absolute Gasteiger partial charge is 0.368 e. The van der Waals surface area contributed by atoms with Gasteiger partial charge in [0.15, 0.2) is 0 Å². The molecule has 0 bridgehead atoms. The van der Waals surface area contributed by atoms with E-state index < -0.39 is 0 Å². The van der Waals surface area contributed by atoms with Gasteiger partial charge in [0.1, 0.15) is 5.82 Å². The average molecular weight is 359 g/mol. The number of anilines is 4. The molecule has 0 atom stereocenters. The Morgan fingerprint density at radius 3 is 2.33 bits per heavy atom. The summed E-state index contributed by atoms with van der Waals surface area (Å²) < 4.78 is 0. The molecule has 1 aromatic heterocycles. The first-order chi connectivity index (χ1) is 13.2. The maximum absolute atomic E-state index is 4.71. The van der Waals surface area contributed by atoms with Crippen LogP contribution in [-0.2, 0) is 0 Å². The molecule has 138 valence electrons. The second-order valence-electron chi connectivity index (χ2n) is 6.93. The first kappa shape index (κ1) is 17.3. The summed E-state index contributed by atoms with van der Waals surface area (Å²) in [5.41, 5.74) is 5.09. The highest BCUT2D eigenvalue weighted by molar-refractivity contribution is 5.58. The molecule has 1 fully saturated rings. The van der Waals surface area contributed by atoms with Crippen LogP contribution in [0.5, 0.6) is 0 Å². The van der Waals surface area contributed by atoms with E-state index in [2.05, 4.69) is 52.1 Å². The van der Waals surface area contributed by atoms with Crippen molar-refractivity contribution in [1.82, 2.24) is 9.97 Å². The van der Waals surface area contributed by atoms with E-state index in [-0.39, 0.29) is 0 Å². The van der Waals surface area contributed by atoms with Crippen LogP contribution in [0, 0.1) is 13.8 Å². The molecule has 0 saturated carbocycles. The Bertz CT molecular complexity index is 902. The highest BCUT2D eigenvalue weighted by atomic mass is 15.3. The highest BCUT2D eigenvalue weighted by Gasteiger charge is 2.20. The third kappa shape index (κ3) is 3.87. The smallest absolute Gasteiger partial charge is 0.227 e. The van der Waals surface area contributed by atoms with Crippen molar-refractivity contribution in [3.05, 3.63) is 71.9 Å². The Hall–Kier alpha value is -3.08. The van der Waals surface area contributed by atoms with Crippen LogP contribution >= 0.6 is 0 Å². The van der Waals surface area contributed by atoms with Gasteiger partial charge >= 0.3 is 0 Å². The fraction of sp³-hybridized carbons (Fsp3) is 0.273. The molecule has 1 aliphatic heterocycles. The van der Waals surface area contributed by atoms with Gasteiger partial charge < -0.3 is 15.1 Å². The number of rotatable bonds is 4. The van der Waals surface area contributed by atoms with Crippen LogP contribution in [0.4, 0.5) is 23.1 Å². The van der Waals surface area contributed by atoms with Crippen LogP contribution in [-0.4, -0.2) is 36.1 Å². The van der Waals surface area contributed by atoms with Crippen molar-refractivity contribution < 1.29 is 0 Å². The van der Waals surface area contributed by atoms with Gasteiger partial charge in [-0.2, -0.15) is 4.98 Å². The normalized spacial score (nSPS) is 14.3. The fourth-order valence-corrected chi connectivity index (χ4v) is 3.47. The Kier molecular flexibility index (Phi) is 4.92. The zero-order chi connectivity index (χ0) is 18.6. The van der Waals surface area contributed by atoms with Crippen LogP contribution in [0.25, 0.3) is 0 Å². The van der Waals surface area contributed by atoms with E-state index in [0.717, 1.165) is 43.6 Å². The minimum atomic E-state index is 0.788. The standard InChI is InChI=1S/C22H25N5/c1-17-7-6-10-20(18(17)2)26-13-15-27(16-14-26)22-23-12-11-21(25-22)24-19-8-4-3-5-9-19/h3-12H,13-16H2,1-2H3,(H,23,24,25). The average Bonchev–Trinajstić information content (AvgIpc) is 2.71. The minimum Gasteiger partial charge on any atom is -0.368 e. The van der Waals surface area contributed by atoms with Crippen molar-refractivity contribution in [1.29, 1.82) is 0 Å². The Balaban J connectivity index is 1.44. The number of hydrogen-bond acceptors (Lipinski definition) is 5. The predicted octanol–water partition coefficient (Wildman–Crippen LogP) is 4.16. The molecule has 2 heterocycles. The Morgan fingerprint density at radius 2 is 1.56 bits per heavy atom. The topological polar surface area (TPSA) is 44.3 Å². The van der Waals surface area contributed by atoms with Gasteiger partial charge in [-0.1, -0.05) is 30.3 Å². The molecule has 1 aliphatic rings. The van der Waals surface area contributed by atoms with Crippen LogP contribution in [0.2, 0.25) is 0 Å². The fourth-order valence-electron chi connectivity index (χ4n) is 3.47. The van der Waals surface area contributed by atoms with E-state index in [1.54, 1.807) is 0 Å². The summed E-state index contributed by atoms with van der Waals surface area (Å²) >= 11 is 0. The number of benzene rings is 2. The van der Waals surface area contributed by atoms with E-state index in [1.807, 2.05) is 42.6 Å². The monoisotopic (exact) mass is 359 g/mol. The molecule has 0 amide bonds. The van der Waals surface area contributed by atoms with Gasteiger partial charge in [-0.05, 0) is 49.2 Å². The van der Waals surface area contributed by atoms with Gasteiger partial charge in [-0.15, -0.1) is 0 Å². The van der Waals surface area contributed by atoms with Crippen LogP contribution in [0.15, 0.2) is 60.8 Å². The first-order valence-electron chi connectivity index (χ1n) is 9.42. The molecule has 4 rings (SSSR count). The highest BCUT2D eigenvalue weighted by Crippen LogP contribution is 2.25. The lowest BCUT2D eigenvalue weighted by atomic mass is 10.1. The maximum Gasteiger partial charge on any atom is 0.227 e. The zero-order valence-electron chi connectivity index (χ0n) is 15.9. The summed E-state index contributed by atoms with van der Waals surface area (Å²) in [7, 11) is 0. The number of nitrogens with zero attached hydrogens (tertiary/aromatic N) is 4. The minimum absolute atomic E-state index is 0.788. The zero-order valence-corrected chi connectivity index (χ0v) is 15.9. The van der Waals surface area contributed by atoms with Gasteiger partial charge in [0.25, 0.3) is 0 Å². The van der Waals surface area contributed by atoms with E-state index in [4.69, 9.17) is 4.98 Å². The quantitative estimate of drug-likeness (QED) is 0.758. The molecular formula is C22H25N5. The molecule has 27 heavy (non-hydrogen) atoms. The Labute approximate surface area is 160 Å². The van der Waals surface area contributed by atoms with Gasteiger partial charge in [0.05, 0.1) is 0 Å². The third-order valence-electron chi connectivity index (χ3n) is 5.17. The summed E-state index contributed by atoms with van der Waals surface area (Å²) in [5.74, 6) is 1.61. The van der Waals surface area contributed by atoms with Gasteiger partial charge in [-0.25, -0.2) is 4.98 Å². The summed E-state index contributed by atoms with van der Waals surface area (Å²) in [5, 5.41) is 3.34. The lowest BCUT2D eigenvalue weighted by molar-refractivity contribution is 0.639. The number of para-hydroxylation sites is 1. The van der Waals surface area contributed by atoms with Crippen molar-refractivity contribution in [2.75, 3.05) is 41.3 Å². The van der Waals surface area contributed by atoms with Gasteiger partial charge in [0.2, 0.25) is 5.95 Å². The van der Waals surface area contributed by atoms with E-state index in [9.17, 15) is 0 Å². The molecule has 2 aromatic carbocycles. The molecule has 1 saturated heterocycles. The van der Waals surface area contributed by atoms with Crippen LogP contribution < -0.4 is 15.1 Å². The molecule has 3 aromatic rings. The molecule has 5 heteroatoms. The van der Waals surface area contributed by atoms with Crippen molar-refractivity contribution in [3.63, 3.8) is 0 Å². The van der Waals surface area contributed by atoms with Crippen LogP contribution in [0.1, 0.15) is 11.1 Å². The molecule has 1 N–H and O–H groups in total. The van der Waals surface area contributed by atoms with E-state index in [1.165, 1.54) is 16.8 Å². The predicted molar refractivity (Wildman–Crippen MR) is 112 cm³/mol. The van der Waals surface area contributed by atoms with Crippen molar-refractivity contribution in [2.24, 2.45) is 0 Å². The molecule has 0 unspecified atom stereocenters. The number of hydrogen-bond donors (Lipinski definition) is 1. The van der Waals surface area contributed by atoms with Crippen molar-refractivity contribution >= 4 is 23.1 Å². The summed E-state index contributed by atoms with van der Waals surface area (Å²) in [6.45, 7) is 8.17. The number of piperazine rings is 1. The number of aryl methyl sites for hydroxylation is 1. The van der Waals surface area contributed by atoms with E-state index >= 15 is 0 Å². The second-order valence-corrected chi connectivity index (χ2v) is 6.93. The SMILES string of the molecule is Cc1cccc(N2CCN(c3nccc(Nc4ccccc4)n3)CC2)c1C. The Morgan fingerprint density at radius 1 is 0.815 bits per heavy atom. The maximum atomic E-state index is 4.71. The summed E-state index contributed by atoms with van der Waals surface area (Å²) in [6, 6.07) is 18.5. The molecule has 0 radical (unpaired) electrons. The summed E-state index contributed by atoms with van der Waals surface area (Å²) in [4.78, 5) is 13.9. The van der Waals surface area contributed by atoms with Gasteiger partial charge in [-0.3, -0.25) is 0 Å². The number of aromatic nitrogens is 2. The van der Waals surface area contributed by atoms with E-state index in [0.29, 0.717) is 0 Å². The third-order valence-corrected chi connectivity index (χ3v) is 5.17. The van der Waals surface area contributed by atoms with Crippen molar-refractivity contribution in [2.45, 2.75) is 13.8 Å². The van der Waals surface area contributed by atoms with Gasteiger partial charge in [0, 0.05) is 43.8 Å².